The molecule has 0 unspecified atom stereocenters. The minimum Gasteiger partial charge on any atom is -0.461 e. The molecule has 0 bridgehead atoms. The molecule has 1 aromatic heterocycles. The van der Waals surface area contributed by atoms with Gasteiger partial charge in [0.1, 0.15) is 4.90 Å². The predicted molar refractivity (Wildman–Crippen MR) is 72.4 cm³/mol. The fourth-order valence-corrected chi connectivity index (χ4v) is 2.93. The smallest absolute Gasteiger partial charge is 0.360 e. The van der Waals surface area contributed by atoms with Crippen molar-refractivity contribution in [2.75, 3.05) is 20.3 Å². The fraction of sp³-hybridized carbons (Fsp3) is 0.636. The van der Waals surface area contributed by atoms with Gasteiger partial charge in [-0.1, -0.05) is 13.3 Å². The van der Waals surface area contributed by atoms with Crippen molar-refractivity contribution in [1.29, 1.82) is 0 Å². The molecule has 0 atom stereocenters. The second-order valence-electron chi connectivity index (χ2n) is 4.05. The van der Waals surface area contributed by atoms with Crippen molar-refractivity contribution in [3.05, 3.63) is 11.4 Å². The van der Waals surface area contributed by atoms with E-state index in [1.54, 1.807) is 0 Å². The summed E-state index contributed by atoms with van der Waals surface area (Å²) in [5.74, 6) is -0.820. The lowest BCUT2D eigenvalue weighted by Crippen LogP contribution is -2.12. The Labute approximate surface area is 122 Å². The van der Waals surface area contributed by atoms with Gasteiger partial charge in [-0.05, 0) is 6.42 Å². The van der Waals surface area contributed by atoms with Gasteiger partial charge in [0.05, 0.1) is 12.3 Å². The molecule has 9 heteroatoms. The summed E-state index contributed by atoms with van der Waals surface area (Å²) < 4.78 is 32.9. The summed E-state index contributed by atoms with van der Waals surface area (Å²) in [6.07, 6.45) is 1.62. The average molecular weight is 325 g/mol. The summed E-state index contributed by atoms with van der Waals surface area (Å²) in [6, 6.07) is 0. The summed E-state index contributed by atoms with van der Waals surface area (Å²) in [7, 11) is 2.82. The molecule has 0 aliphatic heterocycles. The zero-order chi connectivity index (χ0) is 15.2. The Bertz CT molecular complexity index is 555. The average Bonchev–Trinajstić information content (AvgIpc) is 2.78. The van der Waals surface area contributed by atoms with Gasteiger partial charge < -0.3 is 9.47 Å². The lowest BCUT2D eigenvalue weighted by molar-refractivity contribution is 0.0457. The number of hydrogen-bond acceptors (Lipinski definition) is 6. The summed E-state index contributed by atoms with van der Waals surface area (Å²) in [4.78, 5) is 11.5. The van der Waals surface area contributed by atoms with Crippen LogP contribution in [0.25, 0.3) is 0 Å². The molecule has 0 spiro atoms. The first-order chi connectivity index (χ1) is 9.41. The number of methoxy groups -OCH3 is 1. The molecule has 7 nitrogen and oxygen atoms in total. The third kappa shape index (κ3) is 4.46. The van der Waals surface area contributed by atoms with Gasteiger partial charge in [0, 0.05) is 30.8 Å². The van der Waals surface area contributed by atoms with E-state index in [0.717, 1.165) is 0 Å². The zero-order valence-corrected chi connectivity index (χ0v) is 12.9. The molecule has 0 saturated heterocycles. The highest BCUT2D eigenvalue weighted by molar-refractivity contribution is 8.13. The van der Waals surface area contributed by atoms with Crippen molar-refractivity contribution in [2.45, 2.75) is 31.1 Å². The number of halogens is 1. The summed E-state index contributed by atoms with van der Waals surface area (Å²) in [5, 5.41) is 6.23. The molecule has 0 radical (unpaired) electrons. The molecular weight excluding hydrogens is 308 g/mol. The molecular formula is C11H17ClN2O5S. The van der Waals surface area contributed by atoms with Crippen LogP contribution < -0.4 is 0 Å². The maximum Gasteiger partial charge on any atom is 0.360 e. The number of aromatic amines is 1. The largest absolute Gasteiger partial charge is 0.461 e. The number of hydrogen-bond donors (Lipinski definition) is 1. The van der Waals surface area contributed by atoms with E-state index in [-0.39, 0.29) is 17.2 Å². The van der Waals surface area contributed by atoms with Gasteiger partial charge in [-0.3, -0.25) is 5.10 Å². The number of nitrogens with zero attached hydrogens (tertiary/aromatic N) is 1. The summed E-state index contributed by atoms with van der Waals surface area (Å²) in [6.45, 7) is 2.42. The SMILES string of the molecule is CCCc1[nH]nc(C(=O)OCCCOC)c1S(=O)(=O)Cl. The van der Waals surface area contributed by atoms with Crippen molar-refractivity contribution in [1.82, 2.24) is 10.2 Å². The molecule has 0 amide bonds. The Morgan fingerprint density at radius 2 is 2.10 bits per heavy atom. The normalized spacial score (nSPS) is 11.6. The molecule has 1 heterocycles. The van der Waals surface area contributed by atoms with Crippen molar-refractivity contribution in [3.63, 3.8) is 0 Å². The number of aryl methyl sites for hydroxylation is 1. The zero-order valence-electron chi connectivity index (χ0n) is 11.3. The highest BCUT2D eigenvalue weighted by Crippen LogP contribution is 2.24. The second kappa shape index (κ2) is 7.61. The van der Waals surface area contributed by atoms with Crippen LogP contribution in [0.5, 0.6) is 0 Å². The van der Waals surface area contributed by atoms with E-state index in [0.29, 0.717) is 31.6 Å². The Hall–Kier alpha value is -1.12. The molecule has 0 fully saturated rings. The Morgan fingerprint density at radius 3 is 2.65 bits per heavy atom. The number of esters is 1. The van der Waals surface area contributed by atoms with Gasteiger partial charge in [0.25, 0.3) is 9.05 Å². The first-order valence-corrected chi connectivity index (χ1v) is 8.40. The van der Waals surface area contributed by atoms with Gasteiger partial charge in [-0.25, -0.2) is 13.2 Å². The quantitative estimate of drug-likeness (QED) is 0.442. The van der Waals surface area contributed by atoms with Gasteiger partial charge in [-0.2, -0.15) is 5.10 Å². The van der Waals surface area contributed by atoms with Crippen LogP contribution in [-0.4, -0.2) is 44.9 Å². The maximum absolute atomic E-state index is 11.8. The van der Waals surface area contributed by atoms with Crippen LogP contribution in [0.1, 0.15) is 35.9 Å². The monoisotopic (exact) mass is 324 g/mol. The van der Waals surface area contributed by atoms with Crippen LogP contribution in [-0.2, 0) is 24.9 Å². The first-order valence-electron chi connectivity index (χ1n) is 6.09. The standard InChI is InChI=1S/C11H17ClN2O5S/c1-3-5-8-10(20(12,16)17)9(14-13-8)11(15)19-7-4-6-18-2/h3-7H2,1-2H3,(H,13,14). The van der Waals surface area contributed by atoms with Crippen molar-refractivity contribution >= 4 is 25.7 Å². The minimum atomic E-state index is -4.07. The number of H-pyrrole nitrogens is 1. The first kappa shape index (κ1) is 16.9. The lowest BCUT2D eigenvalue weighted by Gasteiger charge is -2.04. The van der Waals surface area contributed by atoms with E-state index >= 15 is 0 Å². The highest BCUT2D eigenvalue weighted by atomic mass is 35.7. The van der Waals surface area contributed by atoms with Crippen molar-refractivity contribution in [3.8, 4) is 0 Å². The number of ether oxygens (including phenoxy) is 2. The molecule has 1 rings (SSSR count). The van der Waals surface area contributed by atoms with E-state index in [2.05, 4.69) is 10.2 Å². The van der Waals surface area contributed by atoms with Crippen LogP contribution in [0.4, 0.5) is 0 Å². The van der Waals surface area contributed by atoms with E-state index in [9.17, 15) is 13.2 Å². The Morgan fingerprint density at radius 1 is 1.40 bits per heavy atom. The summed E-state index contributed by atoms with van der Waals surface area (Å²) in [5.41, 5.74) is 0.00667. The van der Waals surface area contributed by atoms with E-state index in [1.165, 1.54) is 7.11 Å². The van der Waals surface area contributed by atoms with Gasteiger partial charge in [-0.15, -0.1) is 0 Å². The molecule has 1 aromatic rings. The van der Waals surface area contributed by atoms with Crippen molar-refractivity contribution < 1.29 is 22.7 Å². The summed E-state index contributed by atoms with van der Waals surface area (Å²) >= 11 is 0. The molecule has 0 aliphatic carbocycles. The predicted octanol–water partition coefficient (Wildman–Crippen LogP) is 1.48. The number of carbonyl (C=O) groups is 1. The van der Waals surface area contributed by atoms with Gasteiger partial charge >= 0.3 is 5.97 Å². The fourth-order valence-electron chi connectivity index (χ4n) is 1.62. The number of rotatable bonds is 8. The van der Waals surface area contributed by atoms with Crippen LogP contribution in [0.3, 0.4) is 0 Å². The lowest BCUT2D eigenvalue weighted by atomic mass is 10.2. The van der Waals surface area contributed by atoms with Crippen LogP contribution >= 0.6 is 10.7 Å². The van der Waals surface area contributed by atoms with Crippen LogP contribution in [0.15, 0.2) is 4.90 Å². The molecule has 0 aliphatic rings. The molecule has 114 valence electrons. The third-order valence-electron chi connectivity index (χ3n) is 2.45. The van der Waals surface area contributed by atoms with E-state index in [1.807, 2.05) is 6.92 Å². The molecule has 0 saturated carbocycles. The van der Waals surface area contributed by atoms with Gasteiger partial charge in [0.2, 0.25) is 0 Å². The molecule has 1 N–H and O–H groups in total. The molecule has 0 aromatic carbocycles. The topological polar surface area (TPSA) is 98.3 Å². The Balaban J connectivity index is 2.92. The second-order valence-corrected chi connectivity index (χ2v) is 6.55. The molecule has 20 heavy (non-hydrogen) atoms. The number of aromatic nitrogens is 2. The van der Waals surface area contributed by atoms with Crippen LogP contribution in [0, 0.1) is 0 Å². The third-order valence-corrected chi connectivity index (χ3v) is 3.85. The van der Waals surface area contributed by atoms with E-state index < -0.39 is 15.0 Å². The van der Waals surface area contributed by atoms with E-state index in [4.69, 9.17) is 20.2 Å². The Kier molecular flexibility index (Phi) is 6.44. The number of carbonyl (C=O) groups excluding carboxylic acids is 1. The maximum atomic E-state index is 11.8. The highest BCUT2D eigenvalue weighted by Gasteiger charge is 2.29. The van der Waals surface area contributed by atoms with Gasteiger partial charge in [0.15, 0.2) is 5.69 Å². The number of nitrogens with one attached hydrogen (secondary N) is 1. The minimum absolute atomic E-state index is 0.115. The van der Waals surface area contributed by atoms with Crippen molar-refractivity contribution in [2.24, 2.45) is 0 Å². The van der Waals surface area contributed by atoms with Crippen LogP contribution in [0.2, 0.25) is 0 Å².